The van der Waals surface area contributed by atoms with Crippen LogP contribution in [0.4, 0.5) is 0 Å². The maximum absolute atomic E-state index is 5.92. The van der Waals surface area contributed by atoms with Crippen molar-refractivity contribution in [1.82, 2.24) is 0 Å². The third-order valence-electron chi connectivity index (χ3n) is 2.26. The van der Waals surface area contributed by atoms with Gasteiger partial charge in [-0.3, -0.25) is 0 Å². The summed E-state index contributed by atoms with van der Waals surface area (Å²) in [4.78, 5) is 0. The van der Waals surface area contributed by atoms with Crippen molar-refractivity contribution < 1.29 is 4.74 Å². The first-order valence-electron chi connectivity index (χ1n) is 5.18. The van der Waals surface area contributed by atoms with Gasteiger partial charge in [-0.05, 0) is 40.5 Å². The fraction of sp³-hybridized carbons (Fsp3) is 1.00. The minimum atomic E-state index is -0.750. The third-order valence-corrected chi connectivity index (χ3v) is 2.26. The Morgan fingerprint density at radius 1 is 0.867 bits per heavy atom. The number of hydrogen-bond donors (Lipinski definition) is 0. The molecule has 0 N–H and O–H groups in total. The van der Waals surface area contributed by atoms with Crippen molar-refractivity contribution in [2.45, 2.75) is 69.9 Å². The lowest BCUT2D eigenvalue weighted by atomic mass is 10.0. The topological polar surface area (TPSA) is 9.23 Å². The van der Waals surface area contributed by atoms with Crippen LogP contribution in [-0.2, 0) is 4.74 Å². The number of hydrogen-bond acceptors (Lipinski definition) is 1. The lowest BCUT2D eigenvalue weighted by Crippen LogP contribution is -2.35. The second-order valence-corrected chi connectivity index (χ2v) is 6.56. The van der Waals surface area contributed by atoms with Crippen LogP contribution in [0.3, 0.4) is 0 Å². The van der Waals surface area contributed by atoms with Crippen molar-refractivity contribution in [2.24, 2.45) is 0 Å². The van der Waals surface area contributed by atoms with Crippen LogP contribution in [0, 0.1) is 0 Å². The van der Waals surface area contributed by atoms with Crippen molar-refractivity contribution in [1.29, 1.82) is 0 Å². The minimum Gasteiger partial charge on any atom is -0.370 e. The zero-order valence-corrected chi connectivity index (χ0v) is 12.8. The molecule has 15 heavy (non-hydrogen) atoms. The molecule has 1 nitrogen and oxygen atoms in total. The highest BCUT2D eigenvalue weighted by Gasteiger charge is 2.25. The molecule has 0 aliphatic heterocycles. The quantitative estimate of drug-likeness (QED) is 0.628. The van der Waals surface area contributed by atoms with Gasteiger partial charge in [-0.15, -0.1) is 0 Å². The van der Waals surface area contributed by atoms with Crippen molar-refractivity contribution >= 4 is 34.8 Å². The van der Waals surface area contributed by atoms with E-state index in [-0.39, 0.29) is 11.2 Å². The van der Waals surface area contributed by atoms with Gasteiger partial charge < -0.3 is 4.74 Å². The summed E-state index contributed by atoms with van der Waals surface area (Å²) in [6.07, 6.45) is 2.13. The SMILES string of the molecule is CCC(C)(C)OC(C)(C)CC.ClC(Cl)Cl. The van der Waals surface area contributed by atoms with Gasteiger partial charge in [0.05, 0.1) is 11.2 Å². The molecule has 0 saturated heterocycles. The van der Waals surface area contributed by atoms with Crippen LogP contribution in [0.2, 0.25) is 0 Å². The van der Waals surface area contributed by atoms with E-state index in [0.717, 1.165) is 12.8 Å². The van der Waals surface area contributed by atoms with Gasteiger partial charge in [0.2, 0.25) is 0 Å². The Bertz CT molecular complexity index is 139. The third kappa shape index (κ3) is 14.8. The van der Waals surface area contributed by atoms with E-state index in [1.54, 1.807) is 0 Å². The maximum atomic E-state index is 5.92. The number of ether oxygens (including phenoxy) is 1. The molecule has 0 aromatic heterocycles. The van der Waals surface area contributed by atoms with Gasteiger partial charge in [-0.1, -0.05) is 48.7 Å². The molecule has 0 radical (unpaired) electrons. The number of alkyl halides is 3. The number of halogens is 3. The van der Waals surface area contributed by atoms with Gasteiger partial charge in [0, 0.05) is 0 Å². The summed E-state index contributed by atoms with van der Waals surface area (Å²) in [7, 11) is 0. The van der Waals surface area contributed by atoms with E-state index in [1.165, 1.54) is 0 Å². The van der Waals surface area contributed by atoms with E-state index < -0.39 is 4.30 Å². The van der Waals surface area contributed by atoms with Crippen LogP contribution in [0.25, 0.3) is 0 Å². The average Bonchev–Trinajstić information content (AvgIpc) is 2.02. The minimum absolute atomic E-state index is 0.0273. The highest BCUT2D eigenvalue weighted by molar-refractivity contribution is 6.63. The molecule has 0 aliphatic carbocycles. The van der Waals surface area contributed by atoms with Crippen molar-refractivity contribution in [2.75, 3.05) is 0 Å². The van der Waals surface area contributed by atoms with E-state index in [1.807, 2.05) is 0 Å². The number of rotatable bonds is 4. The molecule has 0 bridgehead atoms. The molecule has 0 aliphatic rings. The average molecular weight is 278 g/mol. The lowest BCUT2D eigenvalue weighted by molar-refractivity contribution is -0.124. The maximum Gasteiger partial charge on any atom is 0.180 e. The molecular weight excluding hydrogens is 254 g/mol. The molecule has 0 aromatic rings. The predicted molar refractivity (Wildman–Crippen MR) is 71.2 cm³/mol. The van der Waals surface area contributed by atoms with E-state index in [0.29, 0.717) is 0 Å². The van der Waals surface area contributed by atoms with Crippen LogP contribution >= 0.6 is 34.8 Å². The molecular formula is C11H23Cl3O. The smallest absolute Gasteiger partial charge is 0.180 e. The molecule has 0 spiro atoms. The Labute approximate surface area is 109 Å². The second-order valence-electron chi connectivity index (χ2n) is 4.58. The molecule has 0 aromatic carbocycles. The summed E-state index contributed by atoms with van der Waals surface area (Å²) in [6.45, 7) is 12.9. The highest BCUT2D eigenvalue weighted by Crippen LogP contribution is 2.24. The van der Waals surface area contributed by atoms with Gasteiger partial charge in [-0.25, -0.2) is 0 Å². The Morgan fingerprint density at radius 2 is 1.07 bits per heavy atom. The predicted octanol–water partition coefficient (Wildman–Crippen LogP) is 5.37. The first kappa shape index (κ1) is 18.2. The van der Waals surface area contributed by atoms with Crippen molar-refractivity contribution in [3.8, 4) is 0 Å². The molecule has 4 heteroatoms. The fourth-order valence-electron chi connectivity index (χ4n) is 0.892. The van der Waals surface area contributed by atoms with Gasteiger partial charge in [-0.2, -0.15) is 0 Å². The first-order chi connectivity index (χ1) is 6.56. The monoisotopic (exact) mass is 276 g/mol. The van der Waals surface area contributed by atoms with E-state index in [2.05, 4.69) is 41.5 Å². The Hall–Kier alpha value is 0.830. The Morgan fingerprint density at radius 3 is 1.20 bits per heavy atom. The summed E-state index contributed by atoms with van der Waals surface area (Å²) in [5.41, 5.74) is 0.0546. The van der Waals surface area contributed by atoms with Crippen molar-refractivity contribution in [3.63, 3.8) is 0 Å². The van der Waals surface area contributed by atoms with Crippen LogP contribution < -0.4 is 0 Å². The summed E-state index contributed by atoms with van der Waals surface area (Å²) >= 11 is 14.4. The van der Waals surface area contributed by atoms with Gasteiger partial charge >= 0.3 is 0 Å². The van der Waals surface area contributed by atoms with Crippen LogP contribution in [-0.4, -0.2) is 15.5 Å². The lowest BCUT2D eigenvalue weighted by Gasteiger charge is -2.34. The van der Waals surface area contributed by atoms with E-state index in [9.17, 15) is 0 Å². The van der Waals surface area contributed by atoms with Crippen molar-refractivity contribution in [3.05, 3.63) is 0 Å². The standard InChI is InChI=1S/C10H22O.CHCl3/c1-7-9(3,4)11-10(5,6)8-2;2-1(3)4/h7-8H2,1-6H3;1H. The summed E-state index contributed by atoms with van der Waals surface area (Å²) in [5, 5.41) is 0. The fourth-order valence-corrected chi connectivity index (χ4v) is 0.892. The normalized spacial score (nSPS) is 12.4. The largest absolute Gasteiger partial charge is 0.370 e. The molecule has 0 rings (SSSR count). The molecule has 0 fully saturated rings. The molecule has 0 heterocycles. The van der Waals surface area contributed by atoms with E-state index >= 15 is 0 Å². The van der Waals surface area contributed by atoms with Gasteiger partial charge in [0.1, 0.15) is 0 Å². The molecule has 94 valence electrons. The van der Waals surface area contributed by atoms with Crippen LogP contribution in [0.1, 0.15) is 54.4 Å². The zero-order valence-electron chi connectivity index (χ0n) is 10.5. The molecule has 0 amide bonds. The highest BCUT2D eigenvalue weighted by atomic mass is 35.6. The Balaban J connectivity index is 0. The summed E-state index contributed by atoms with van der Waals surface area (Å²) < 4.78 is 5.17. The summed E-state index contributed by atoms with van der Waals surface area (Å²) in [5.74, 6) is 0. The van der Waals surface area contributed by atoms with Gasteiger partial charge in [0.15, 0.2) is 4.30 Å². The molecule has 0 atom stereocenters. The van der Waals surface area contributed by atoms with Crippen LogP contribution in [0.5, 0.6) is 0 Å². The summed E-state index contributed by atoms with van der Waals surface area (Å²) in [6, 6.07) is 0. The second kappa shape index (κ2) is 8.00. The Kier molecular flexibility index (Phi) is 9.71. The van der Waals surface area contributed by atoms with Crippen LogP contribution in [0.15, 0.2) is 0 Å². The zero-order chi connectivity index (χ0) is 12.7. The molecule has 0 saturated carbocycles. The van der Waals surface area contributed by atoms with E-state index in [4.69, 9.17) is 39.5 Å². The molecule has 0 unspecified atom stereocenters. The van der Waals surface area contributed by atoms with Gasteiger partial charge in [0.25, 0.3) is 0 Å². The first-order valence-corrected chi connectivity index (χ1v) is 6.49.